The van der Waals surface area contributed by atoms with Gasteiger partial charge in [0.1, 0.15) is 16.6 Å². The summed E-state index contributed by atoms with van der Waals surface area (Å²) in [6.45, 7) is 0. The highest BCUT2D eigenvalue weighted by molar-refractivity contribution is 7.16. The number of hydrogen-bond acceptors (Lipinski definition) is 5. The van der Waals surface area contributed by atoms with Crippen LogP contribution in [-0.4, -0.2) is 17.1 Å². The number of nitrogens with zero attached hydrogens (tertiary/aromatic N) is 2. The third-order valence-electron chi connectivity index (χ3n) is 1.96. The van der Waals surface area contributed by atoms with Crippen molar-refractivity contribution in [3.63, 3.8) is 0 Å². The van der Waals surface area contributed by atoms with E-state index in [-0.39, 0.29) is 11.3 Å². The smallest absolute Gasteiger partial charge is 0.293 e. The maximum absolute atomic E-state index is 11.4. The molecule has 0 saturated carbocycles. The van der Waals surface area contributed by atoms with Crippen molar-refractivity contribution < 1.29 is 4.74 Å². The van der Waals surface area contributed by atoms with E-state index in [0.29, 0.717) is 10.6 Å². The lowest BCUT2D eigenvalue weighted by atomic mass is 10.3. The molecule has 2 rings (SSSR count). The number of H-pyrrole nitrogens is 1. The van der Waals surface area contributed by atoms with Gasteiger partial charge in [0.2, 0.25) is 5.75 Å². The number of thiophene rings is 1. The van der Waals surface area contributed by atoms with Crippen LogP contribution in [0.3, 0.4) is 0 Å². The molecular weight excluding hydrogens is 226 g/mol. The second kappa shape index (κ2) is 4.16. The van der Waals surface area contributed by atoms with Crippen LogP contribution < -0.4 is 10.3 Å². The summed E-state index contributed by atoms with van der Waals surface area (Å²) in [6.07, 6.45) is 1.31. The molecule has 80 valence electrons. The maximum atomic E-state index is 11.4. The topological polar surface area (TPSA) is 78.8 Å². The Labute approximate surface area is 95.0 Å². The molecule has 0 aliphatic heterocycles. The van der Waals surface area contributed by atoms with Crippen molar-refractivity contribution in [1.29, 1.82) is 5.26 Å². The minimum Gasteiger partial charge on any atom is -0.490 e. The van der Waals surface area contributed by atoms with Crippen LogP contribution in [0.5, 0.6) is 5.75 Å². The standard InChI is InChI=1S/C10H7N3O2S/c1-15-9-8(12-5-13-10(9)14)7-3-2-6(4-11)16-7/h2-3,5H,1H3,(H,12,13,14). The highest BCUT2D eigenvalue weighted by Gasteiger charge is 2.13. The second-order valence-corrected chi connectivity index (χ2v) is 3.97. The number of nitriles is 1. The van der Waals surface area contributed by atoms with Crippen LogP contribution in [0.1, 0.15) is 4.88 Å². The first kappa shape index (κ1) is 10.4. The lowest BCUT2D eigenvalue weighted by Gasteiger charge is -2.02. The molecule has 0 aliphatic carbocycles. The lowest BCUT2D eigenvalue weighted by molar-refractivity contribution is 0.408. The molecule has 1 N–H and O–H groups in total. The molecule has 0 spiro atoms. The predicted molar refractivity (Wildman–Crippen MR) is 59.4 cm³/mol. The largest absolute Gasteiger partial charge is 0.490 e. The van der Waals surface area contributed by atoms with Gasteiger partial charge in [0.25, 0.3) is 5.56 Å². The third kappa shape index (κ3) is 1.68. The van der Waals surface area contributed by atoms with Gasteiger partial charge in [-0.15, -0.1) is 11.3 Å². The van der Waals surface area contributed by atoms with Crippen LogP contribution in [0.15, 0.2) is 23.3 Å². The van der Waals surface area contributed by atoms with E-state index in [2.05, 4.69) is 9.97 Å². The fourth-order valence-electron chi connectivity index (χ4n) is 1.28. The zero-order valence-electron chi connectivity index (χ0n) is 8.35. The van der Waals surface area contributed by atoms with Gasteiger partial charge in [-0.25, -0.2) is 4.98 Å². The lowest BCUT2D eigenvalue weighted by Crippen LogP contribution is -2.10. The molecule has 6 heteroatoms. The molecule has 5 nitrogen and oxygen atoms in total. The molecule has 0 fully saturated rings. The highest BCUT2D eigenvalue weighted by atomic mass is 32.1. The van der Waals surface area contributed by atoms with Crippen LogP contribution in [-0.2, 0) is 0 Å². The van der Waals surface area contributed by atoms with Crippen molar-refractivity contribution in [2.75, 3.05) is 7.11 Å². The Hall–Kier alpha value is -2.13. The van der Waals surface area contributed by atoms with Gasteiger partial charge < -0.3 is 9.72 Å². The maximum Gasteiger partial charge on any atom is 0.293 e. The Morgan fingerprint density at radius 2 is 2.38 bits per heavy atom. The van der Waals surface area contributed by atoms with Crippen LogP contribution in [0.25, 0.3) is 10.6 Å². The summed E-state index contributed by atoms with van der Waals surface area (Å²) in [5, 5.41) is 8.72. The molecule has 0 radical (unpaired) electrons. The van der Waals surface area contributed by atoms with Crippen molar-refractivity contribution in [2.45, 2.75) is 0 Å². The molecule has 0 saturated heterocycles. The van der Waals surface area contributed by atoms with Crippen molar-refractivity contribution in [1.82, 2.24) is 9.97 Å². The molecule has 0 unspecified atom stereocenters. The van der Waals surface area contributed by atoms with Crippen LogP contribution >= 0.6 is 11.3 Å². The van der Waals surface area contributed by atoms with Gasteiger partial charge in [-0.1, -0.05) is 0 Å². The van der Waals surface area contributed by atoms with Gasteiger partial charge in [-0.3, -0.25) is 4.79 Å². The fourth-order valence-corrected chi connectivity index (χ4v) is 2.07. The Bertz CT molecular complexity index is 609. The van der Waals surface area contributed by atoms with E-state index < -0.39 is 0 Å². The highest BCUT2D eigenvalue weighted by Crippen LogP contribution is 2.30. The van der Waals surface area contributed by atoms with E-state index in [1.807, 2.05) is 6.07 Å². The molecule has 0 aliphatic rings. The second-order valence-electron chi connectivity index (χ2n) is 2.89. The molecule has 2 heterocycles. The number of aromatic amines is 1. The van der Waals surface area contributed by atoms with E-state index >= 15 is 0 Å². The molecule has 2 aromatic heterocycles. The zero-order chi connectivity index (χ0) is 11.5. The van der Waals surface area contributed by atoms with E-state index in [1.54, 1.807) is 12.1 Å². The van der Waals surface area contributed by atoms with Crippen molar-refractivity contribution in [3.8, 4) is 22.4 Å². The molecular formula is C10H7N3O2S. The number of hydrogen-bond donors (Lipinski definition) is 1. The predicted octanol–water partition coefficient (Wildman–Crippen LogP) is 1.38. The first-order chi connectivity index (χ1) is 7.76. The summed E-state index contributed by atoms with van der Waals surface area (Å²) in [4.78, 5) is 19.2. The number of rotatable bonds is 2. The van der Waals surface area contributed by atoms with Gasteiger partial charge in [0, 0.05) is 0 Å². The van der Waals surface area contributed by atoms with Gasteiger partial charge in [0.15, 0.2) is 0 Å². The average Bonchev–Trinajstić information content (AvgIpc) is 2.77. The molecule has 0 aromatic carbocycles. The van der Waals surface area contributed by atoms with E-state index in [1.165, 1.54) is 24.8 Å². The summed E-state index contributed by atoms with van der Waals surface area (Å²) in [6, 6.07) is 5.46. The first-order valence-electron chi connectivity index (χ1n) is 4.38. The number of ether oxygens (including phenoxy) is 1. The average molecular weight is 233 g/mol. The van der Waals surface area contributed by atoms with Gasteiger partial charge in [0.05, 0.1) is 18.3 Å². The molecule has 0 amide bonds. The van der Waals surface area contributed by atoms with E-state index in [4.69, 9.17) is 10.00 Å². The number of aromatic nitrogens is 2. The molecule has 0 atom stereocenters. The normalized spacial score (nSPS) is 9.75. The monoisotopic (exact) mass is 233 g/mol. The Morgan fingerprint density at radius 3 is 3.00 bits per heavy atom. The third-order valence-corrected chi connectivity index (χ3v) is 2.96. The SMILES string of the molecule is COc1c(-c2ccc(C#N)s2)nc[nH]c1=O. The summed E-state index contributed by atoms with van der Waals surface area (Å²) >= 11 is 1.27. The van der Waals surface area contributed by atoms with Crippen molar-refractivity contribution in [2.24, 2.45) is 0 Å². The minimum atomic E-state index is -0.334. The van der Waals surface area contributed by atoms with Crippen LogP contribution in [0.2, 0.25) is 0 Å². The zero-order valence-corrected chi connectivity index (χ0v) is 9.17. The Kier molecular flexibility index (Phi) is 2.70. The fraction of sp³-hybridized carbons (Fsp3) is 0.100. The summed E-state index contributed by atoms with van der Waals surface area (Å²) < 4.78 is 4.99. The van der Waals surface area contributed by atoms with Gasteiger partial charge >= 0.3 is 0 Å². The Morgan fingerprint density at radius 1 is 1.56 bits per heavy atom. The van der Waals surface area contributed by atoms with E-state index in [0.717, 1.165) is 4.88 Å². The van der Waals surface area contributed by atoms with Crippen LogP contribution in [0, 0.1) is 11.3 Å². The quantitative estimate of drug-likeness (QED) is 0.849. The van der Waals surface area contributed by atoms with E-state index in [9.17, 15) is 4.79 Å². The van der Waals surface area contributed by atoms with Gasteiger partial charge in [-0.2, -0.15) is 5.26 Å². The first-order valence-corrected chi connectivity index (χ1v) is 5.20. The molecule has 16 heavy (non-hydrogen) atoms. The number of nitrogens with one attached hydrogen (secondary N) is 1. The molecule has 2 aromatic rings. The Balaban J connectivity index is 2.60. The minimum absolute atomic E-state index is 0.161. The summed E-state index contributed by atoms with van der Waals surface area (Å²) in [7, 11) is 1.41. The molecule has 0 bridgehead atoms. The van der Waals surface area contributed by atoms with Crippen LogP contribution in [0.4, 0.5) is 0 Å². The van der Waals surface area contributed by atoms with Crippen molar-refractivity contribution >= 4 is 11.3 Å². The summed E-state index contributed by atoms with van der Waals surface area (Å²) in [5.41, 5.74) is 0.122. The number of methoxy groups -OCH3 is 1. The van der Waals surface area contributed by atoms with Crippen molar-refractivity contribution in [3.05, 3.63) is 33.7 Å². The summed E-state index contributed by atoms with van der Waals surface area (Å²) in [5.74, 6) is 0.161. The van der Waals surface area contributed by atoms with Gasteiger partial charge in [-0.05, 0) is 12.1 Å².